The first kappa shape index (κ1) is 28.5. The van der Waals surface area contributed by atoms with E-state index in [1.54, 1.807) is 45.0 Å². The minimum atomic E-state index is -4.48. The molecule has 12 heteroatoms. The summed E-state index contributed by atoms with van der Waals surface area (Å²) in [6.07, 6.45) is -4.48. The number of hydrogen-bond donors (Lipinski definition) is 3. The van der Waals surface area contributed by atoms with Gasteiger partial charge in [-0.15, -0.1) is 11.3 Å². The van der Waals surface area contributed by atoms with E-state index in [1.165, 1.54) is 17.0 Å². The highest BCUT2D eigenvalue weighted by Crippen LogP contribution is 2.42. The van der Waals surface area contributed by atoms with Crippen molar-refractivity contribution < 1.29 is 42.5 Å². The molecular weight excluding hydrogens is 525 g/mol. The predicted octanol–water partition coefficient (Wildman–Crippen LogP) is 6.03. The molecule has 0 aliphatic rings. The number of urea groups is 1. The molecule has 0 saturated carbocycles. The molecule has 0 fully saturated rings. The van der Waals surface area contributed by atoms with Gasteiger partial charge in [0.05, 0.1) is 12.1 Å². The Hall–Kier alpha value is -4.06. The SMILES string of the molecule is Cc1c(-c2cccc(N(Cc3ccc(C(F)(F)F)cc3)C(=O)NC(C)C)c2)sc(C(=O)O)c1OCC(=O)O. The van der Waals surface area contributed by atoms with Gasteiger partial charge in [0.25, 0.3) is 0 Å². The lowest BCUT2D eigenvalue weighted by Gasteiger charge is -2.25. The number of alkyl halides is 3. The number of carboxylic acid groups (broad SMARTS) is 2. The van der Waals surface area contributed by atoms with E-state index >= 15 is 0 Å². The molecule has 202 valence electrons. The predicted molar refractivity (Wildman–Crippen MR) is 136 cm³/mol. The maximum atomic E-state index is 13.1. The lowest BCUT2D eigenvalue weighted by atomic mass is 10.1. The number of carboxylic acids is 2. The van der Waals surface area contributed by atoms with Crippen molar-refractivity contribution in [3.8, 4) is 16.2 Å². The molecule has 2 aromatic carbocycles. The Balaban J connectivity index is 2.02. The van der Waals surface area contributed by atoms with Crippen LogP contribution in [-0.2, 0) is 17.5 Å². The molecule has 3 N–H and O–H groups in total. The summed E-state index contributed by atoms with van der Waals surface area (Å²) in [5.74, 6) is -2.59. The number of anilines is 1. The van der Waals surface area contributed by atoms with Crippen molar-refractivity contribution in [1.29, 1.82) is 0 Å². The number of carbonyl (C=O) groups is 3. The maximum Gasteiger partial charge on any atom is 0.416 e. The van der Waals surface area contributed by atoms with Crippen LogP contribution in [0.3, 0.4) is 0 Å². The molecule has 0 spiro atoms. The van der Waals surface area contributed by atoms with Crippen molar-refractivity contribution in [2.24, 2.45) is 0 Å². The fourth-order valence-electron chi connectivity index (χ4n) is 3.62. The number of nitrogens with one attached hydrogen (secondary N) is 1. The maximum absolute atomic E-state index is 13.1. The van der Waals surface area contributed by atoms with Gasteiger partial charge >= 0.3 is 24.1 Å². The summed E-state index contributed by atoms with van der Waals surface area (Å²) < 4.78 is 44.2. The van der Waals surface area contributed by atoms with Gasteiger partial charge in [-0.25, -0.2) is 14.4 Å². The number of benzene rings is 2. The van der Waals surface area contributed by atoms with Gasteiger partial charge in [0.1, 0.15) is 5.75 Å². The van der Waals surface area contributed by atoms with Crippen LogP contribution >= 0.6 is 11.3 Å². The van der Waals surface area contributed by atoms with Gasteiger partial charge in [-0.3, -0.25) is 4.90 Å². The lowest BCUT2D eigenvalue weighted by molar-refractivity contribution is -0.139. The van der Waals surface area contributed by atoms with Gasteiger partial charge in [-0.1, -0.05) is 24.3 Å². The molecule has 0 atom stereocenters. The summed E-state index contributed by atoms with van der Waals surface area (Å²) in [6.45, 7) is 4.40. The lowest BCUT2D eigenvalue weighted by Crippen LogP contribution is -2.42. The molecule has 2 amide bonds. The van der Waals surface area contributed by atoms with Gasteiger partial charge in [-0.05, 0) is 56.2 Å². The molecule has 1 aromatic heterocycles. The zero-order valence-electron chi connectivity index (χ0n) is 20.6. The highest BCUT2D eigenvalue weighted by molar-refractivity contribution is 7.18. The Kier molecular flexibility index (Phi) is 8.67. The second-order valence-electron chi connectivity index (χ2n) is 8.64. The molecule has 3 aromatic rings. The Morgan fingerprint density at radius 3 is 2.29 bits per heavy atom. The van der Waals surface area contributed by atoms with Crippen molar-refractivity contribution in [3.05, 3.63) is 70.1 Å². The van der Waals surface area contributed by atoms with E-state index in [-0.39, 0.29) is 23.2 Å². The Morgan fingerprint density at radius 1 is 1.08 bits per heavy atom. The van der Waals surface area contributed by atoms with E-state index in [4.69, 9.17) is 9.84 Å². The number of ether oxygens (including phenoxy) is 1. The van der Waals surface area contributed by atoms with Crippen molar-refractivity contribution in [3.63, 3.8) is 0 Å². The number of rotatable bonds is 9. The second-order valence-corrected chi connectivity index (χ2v) is 9.66. The Morgan fingerprint density at radius 2 is 1.74 bits per heavy atom. The minimum Gasteiger partial charge on any atom is -0.480 e. The van der Waals surface area contributed by atoms with E-state index in [9.17, 15) is 32.7 Å². The van der Waals surface area contributed by atoms with Crippen molar-refractivity contribution in [2.45, 2.75) is 39.5 Å². The largest absolute Gasteiger partial charge is 0.480 e. The highest BCUT2D eigenvalue weighted by atomic mass is 32.1. The van der Waals surface area contributed by atoms with Gasteiger partial charge in [0, 0.05) is 22.2 Å². The number of thiophene rings is 1. The van der Waals surface area contributed by atoms with Crippen LogP contribution in [0.1, 0.15) is 40.2 Å². The standard InChI is InChI=1S/C26H25F3N2O6S/c1-14(2)30-25(36)31(12-16-7-9-18(10-8-16)26(27,28)29)19-6-4-5-17(11-19)22-15(3)21(37-13-20(32)33)23(38-22)24(34)35/h4-11,14H,12-13H2,1-3H3,(H,30,36)(H,32,33)(H,34,35). The number of carbonyl (C=O) groups excluding carboxylic acids is 1. The Labute approximate surface area is 220 Å². The number of aromatic carboxylic acids is 1. The molecule has 1 heterocycles. The summed E-state index contributed by atoms with van der Waals surface area (Å²) in [7, 11) is 0. The monoisotopic (exact) mass is 550 g/mol. The van der Waals surface area contributed by atoms with E-state index in [1.807, 2.05) is 0 Å². The van der Waals surface area contributed by atoms with Crippen LogP contribution in [0.4, 0.5) is 23.7 Å². The Bertz CT molecular complexity index is 1340. The van der Waals surface area contributed by atoms with E-state index in [0.29, 0.717) is 27.3 Å². The second kappa shape index (κ2) is 11.5. The molecule has 0 bridgehead atoms. The van der Waals surface area contributed by atoms with E-state index in [2.05, 4.69) is 5.32 Å². The normalized spacial score (nSPS) is 11.3. The number of nitrogens with zero attached hydrogens (tertiary/aromatic N) is 1. The minimum absolute atomic E-state index is 0.0308. The number of aliphatic carboxylic acids is 1. The van der Waals surface area contributed by atoms with Crippen molar-refractivity contribution >= 4 is 35.0 Å². The molecule has 0 aliphatic carbocycles. The average Bonchev–Trinajstić information content (AvgIpc) is 3.17. The first-order valence-corrected chi connectivity index (χ1v) is 12.2. The zero-order chi connectivity index (χ0) is 28.2. The third-order valence-corrected chi connectivity index (χ3v) is 6.64. The number of amides is 2. The third-order valence-electron chi connectivity index (χ3n) is 5.33. The molecule has 8 nitrogen and oxygen atoms in total. The fraction of sp³-hybridized carbons (Fsp3) is 0.269. The summed E-state index contributed by atoms with van der Waals surface area (Å²) >= 11 is 0.903. The van der Waals surface area contributed by atoms with Crippen LogP contribution in [0.2, 0.25) is 0 Å². The molecule has 0 unspecified atom stereocenters. The topological polar surface area (TPSA) is 116 Å². The number of hydrogen-bond acceptors (Lipinski definition) is 5. The molecular formula is C26H25F3N2O6S. The molecule has 0 radical (unpaired) electrons. The quantitative estimate of drug-likeness (QED) is 0.300. The van der Waals surface area contributed by atoms with Gasteiger partial charge in [-0.2, -0.15) is 13.2 Å². The van der Waals surface area contributed by atoms with Crippen LogP contribution in [0, 0.1) is 6.92 Å². The zero-order valence-corrected chi connectivity index (χ0v) is 21.4. The van der Waals surface area contributed by atoms with E-state index in [0.717, 1.165) is 23.5 Å². The van der Waals surface area contributed by atoms with Crippen LogP contribution in [-0.4, -0.2) is 40.8 Å². The van der Waals surface area contributed by atoms with Crippen LogP contribution < -0.4 is 15.0 Å². The van der Waals surface area contributed by atoms with E-state index < -0.39 is 36.3 Å². The average molecular weight is 551 g/mol. The summed E-state index contributed by atoms with van der Waals surface area (Å²) in [4.78, 5) is 37.5. The fourth-order valence-corrected chi connectivity index (χ4v) is 4.71. The van der Waals surface area contributed by atoms with Crippen LogP contribution in [0.15, 0.2) is 48.5 Å². The smallest absolute Gasteiger partial charge is 0.416 e. The summed E-state index contributed by atoms with van der Waals surface area (Å²) in [5.41, 5.74) is 1.05. The van der Waals surface area contributed by atoms with Gasteiger partial charge in [0.15, 0.2) is 11.5 Å². The molecule has 3 rings (SSSR count). The summed E-state index contributed by atoms with van der Waals surface area (Å²) in [5, 5.41) is 21.3. The summed E-state index contributed by atoms with van der Waals surface area (Å²) in [6, 6.07) is 10.5. The number of halogens is 3. The molecule has 0 aliphatic heterocycles. The van der Waals surface area contributed by atoms with Gasteiger partial charge in [0.2, 0.25) is 0 Å². The first-order valence-electron chi connectivity index (χ1n) is 11.3. The van der Waals surface area contributed by atoms with Crippen LogP contribution in [0.25, 0.3) is 10.4 Å². The molecule has 0 saturated heterocycles. The highest BCUT2D eigenvalue weighted by Gasteiger charge is 2.30. The van der Waals surface area contributed by atoms with Crippen molar-refractivity contribution in [1.82, 2.24) is 5.32 Å². The molecule has 38 heavy (non-hydrogen) atoms. The van der Waals surface area contributed by atoms with Crippen molar-refractivity contribution in [2.75, 3.05) is 11.5 Å². The third kappa shape index (κ3) is 6.82. The van der Waals surface area contributed by atoms with Gasteiger partial charge < -0.3 is 20.3 Å². The van der Waals surface area contributed by atoms with Crippen LogP contribution in [0.5, 0.6) is 5.75 Å². The first-order chi connectivity index (χ1) is 17.8.